The molecule has 8 rings (SSSR count). The third-order valence-electron chi connectivity index (χ3n) is 13.6. The molecule has 3 aliphatic rings. The average Bonchev–Trinajstić information content (AvgIpc) is 4.15. The van der Waals surface area contributed by atoms with Crippen molar-refractivity contribution < 1.29 is 38.5 Å². The lowest BCUT2D eigenvalue weighted by Gasteiger charge is -2.35. The van der Waals surface area contributed by atoms with E-state index in [2.05, 4.69) is 36.1 Å². The molecule has 0 radical (unpaired) electrons. The van der Waals surface area contributed by atoms with E-state index in [4.69, 9.17) is 30.8 Å². The molecule has 4 amide bonds. The van der Waals surface area contributed by atoms with Crippen molar-refractivity contribution in [1.82, 2.24) is 35.3 Å². The number of aliphatic hydroxyl groups is 1. The molecule has 3 aliphatic heterocycles. The van der Waals surface area contributed by atoms with Crippen molar-refractivity contribution in [3.63, 3.8) is 0 Å². The second-order valence-corrected chi connectivity index (χ2v) is 20.7. The number of hydrogen-bond acceptors (Lipinski definition) is 12. The number of aromatic nitrogens is 4. The van der Waals surface area contributed by atoms with Crippen molar-refractivity contribution in [3.05, 3.63) is 129 Å². The minimum absolute atomic E-state index is 0.0162. The highest BCUT2D eigenvalue weighted by molar-refractivity contribution is 6.30. The summed E-state index contributed by atoms with van der Waals surface area (Å²) in [4.78, 5) is 68.5. The third kappa shape index (κ3) is 13.3. The summed E-state index contributed by atoms with van der Waals surface area (Å²) in [5.74, 6) is 1.19. The Hall–Kier alpha value is -6.99. The first-order valence-electron chi connectivity index (χ1n) is 25.5. The van der Waals surface area contributed by atoms with Crippen LogP contribution in [0.1, 0.15) is 111 Å². The molecule has 5 aromatic rings. The minimum Gasteiger partial charge on any atom is -0.494 e. The Morgan fingerprint density at radius 1 is 0.867 bits per heavy atom. The maximum atomic E-state index is 14.0. The van der Waals surface area contributed by atoms with Gasteiger partial charge < -0.3 is 45.2 Å². The summed E-state index contributed by atoms with van der Waals surface area (Å²) >= 11 is 6.25. The molecule has 0 spiro atoms. The van der Waals surface area contributed by atoms with Crippen molar-refractivity contribution in [3.8, 4) is 11.6 Å². The molecule has 5 heterocycles. The van der Waals surface area contributed by atoms with E-state index in [9.17, 15) is 24.3 Å². The quantitative estimate of drug-likeness (QED) is 0.0461. The molecule has 3 aromatic carbocycles. The first kappa shape index (κ1) is 54.3. The highest BCUT2D eigenvalue weighted by Crippen LogP contribution is 2.36. The number of H-pyrrole nitrogens is 1. The normalized spacial score (nSPS) is 17.5. The van der Waals surface area contributed by atoms with Crippen LogP contribution in [0.3, 0.4) is 0 Å². The van der Waals surface area contributed by atoms with Crippen molar-refractivity contribution in [2.45, 2.75) is 111 Å². The SMILES string of the molecule is CC1=C(c2ccc(CNC(=O)[C@@H]3C[C@@H](O)CN3C(=O)C(NC(=O)COCCCOCCCOc3ccc(NC(=O)CC4N=C(c5ccc(Cl)cc5)c5c([nH]c(C)c5C)-n5c(C)nnc54)cc3)C(C)(C)C)cc2)CC=N1. The fraction of sp³-hybridized carbons (Fsp3) is 0.429. The van der Waals surface area contributed by atoms with E-state index in [-0.39, 0.29) is 51.0 Å². The summed E-state index contributed by atoms with van der Waals surface area (Å²) in [6.45, 7) is 15.0. The Morgan fingerprint density at radius 3 is 2.25 bits per heavy atom. The number of allylic oxidation sites excluding steroid dienone is 2. The number of nitrogens with one attached hydrogen (secondary N) is 4. The van der Waals surface area contributed by atoms with E-state index in [1.807, 2.05) is 108 Å². The zero-order chi connectivity index (χ0) is 53.4. The number of aliphatic imine (C=N–C) groups is 2. The number of aliphatic hydroxyl groups excluding tert-OH is 1. The number of halogens is 1. The number of carbonyl (C=O) groups excluding carboxylic acids is 4. The topological polar surface area (TPSA) is 227 Å². The van der Waals surface area contributed by atoms with E-state index in [0.29, 0.717) is 60.8 Å². The summed E-state index contributed by atoms with van der Waals surface area (Å²) in [7, 11) is 0. The first-order chi connectivity index (χ1) is 35.9. The molecule has 0 aliphatic carbocycles. The van der Waals surface area contributed by atoms with Crippen LogP contribution < -0.4 is 20.7 Å². The molecule has 396 valence electrons. The number of likely N-dealkylation sites (tertiary alicyclic amines) is 1. The number of nitrogens with zero attached hydrogens (tertiary/aromatic N) is 6. The van der Waals surface area contributed by atoms with Crippen LogP contribution in [0.25, 0.3) is 11.4 Å². The molecule has 2 unspecified atom stereocenters. The lowest BCUT2D eigenvalue weighted by molar-refractivity contribution is -0.144. The predicted octanol–water partition coefficient (Wildman–Crippen LogP) is 7.30. The summed E-state index contributed by atoms with van der Waals surface area (Å²) < 4.78 is 19.3. The van der Waals surface area contributed by atoms with Crippen LogP contribution in [0.4, 0.5) is 5.69 Å². The van der Waals surface area contributed by atoms with Gasteiger partial charge in [0.15, 0.2) is 5.82 Å². The molecule has 5 N–H and O–H groups in total. The standard InChI is InChI=1S/C56H67ClN10O8/c1-33-34(2)60-53-49(33)50(39-14-16-40(57)17-15-39)62-45(52-65-64-36(4)67(52)53)29-47(69)61-41-18-20-43(21-19-41)75-27-9-25-73-24-8-26-74-32-48(70)63-51(56(5,6)7)55(72)66-31-42(68)28-46(66)54(71)59-30-37-10-12-38(13-11-37)44-22-23-58-35(44)3/h10-21,23,42,45-46,51,60,68H,8-9,22,24-32H2,1-7H3,(H,59,71)(H,61,69)(H,63,70)/t42-,45?,46+,51?/m1/s1. The number of hydrogen-bond donors (Lipinski definition) is 5. The van der Waals surface area contributed by atoms with Gasteiger partial charge in [-0.2, -0.15) is 0 Å². The average molecular weight is 1040 g/mol. The number of anilines is 1. The molecule has 1 fully saturated rings. The van der Waals surface area contributed by atoms with Crippen LogP contribution in [-0.4, -0.2) is 123 Å². The predicted molar refractivity (Wildman–Crippen MR) is 287 cm³/mol. The minimum atomic E-state index is -0.962. The second-order valence-electron chi connectivity index (χ2n) is 20.3. The van der Waals surface area contributed by atoms with Gasteiger partial charge in [0.1, 0.15) is 42.1 Å². The van der Waals surface area contributed by atoms with Crippen molar-refractivity contribution in [2.24, 2.45) is 15.4 Å². The van der Waals surface area contributed by atoms with Crippen LogP contribution in [0, 0.1) is 26.2 Å². The number of β-amino-alcohol motifs (C(OH)–C–C–N with tert-alkyl or cyclic N) is 1. The van der Waals surface area contributed by atoms with Gasteiger partial charge in [0.2, 0.25) is 23.6 Å². The van der Waals surface area contributed by atoms with E-state index in [0.717, 1.165) is 57.2 Å². The third-order valence-corrected chi connectivity index (χ3v) is 13.8. The number of amides is 4. The smallest absolute Gasteiger partial charge is 0.246 e. The van der Waals surface area contributed by atoms with Crippen LogP contribution in [-0.2, 0) is 35.2 Å². The zero-order valence-electron chi connectivity index (χ0n) is 43.7. The molecule has 75 heavy (non-hydrogen) atoms. The van der Waals surface area contributed by atoms with Gasteiger partial charge in [-0.3, -0.25) is 33.7 Å². The van der Waals surface area contributed by atoms with Gasteiger partial charge >= 0.3 is 0 Å². The van der Waals surface area contributed by atoms with Crippen LogP contribution in [0.15, 0.2) is 88.5 Å². The van der Waals surface area contributed by atoms with Crippen molar-refractivity contribution >= 4 is 58.4 Å². The fourth-order valence-electron chi connectivity index (χ4n) is 9.45. The molecule has 4 atom stereocenters. The Balaban J connectivity index is 0.722. The molecule has 2 aromatic heterocycles. The lowest BCUT2D eigenvalue weighted by atomic mass is 9.85. The van der Waals surface area contributed by atoms with Crippen molar-refractivity contribution in [2.75, 3.05) is 44.9 Å². The number of rotatable bonds is 21. The largest absolute Gasteiger partial charge is 0.494 e. The molecular weight excluding hydrogens is 976 g/mol. The Kier molecular flexibility index (Phi) is 17.5. The molecule has 0 saturated carbocycles. The number of aryl methyl sites for hydroxylation is 2. The highest BCUT2D eigenvalue weighted by atomic mass is 35.5. The summed E-state index contributed by atoms with van der Waals surface area (Å²) in [5, 5.41) is 28.8. The second kappa shape index (κ2) is 24.1. The van der Waals surface area contributed by atoms with Gasteiger partial charge in [0.05, 0.1) is 24.8 Å². The number of aromatic amines is 1. The molecule has 0 bridgehead atoms. The Labute approximate surface area is 442 Å². The van der Waals surface area contributed by atoms with E-state index < -0.39 is 41.5 Å². The van der Waals surface area contributed by atoms with Gasteiger partial charge in [-0.25, -0.2) is 0 Å². The van der Waals surface area contributed by atoms with Gasteiger partial charge in [-0.1, -0.05) is 68.8 Å². The molecular formula is C56H67ClN10O8. The number of fused-ring (bicyclic) bond motifs is 3. The van der Waals surface area contributed by atoms with Gasteiger partial charge in [0, 0.05) is 91.6 Å². The van der Waals surface area contributed by atoms with Crippen LogP contribution in [0.5, 0.6) is 5.75 Å². The van der Waals surface area contributed by atoms with E-state index >= 15 is 0 Å². The summed E-state index contributed by atoms with van der Waals surface area (Å²) in [5.41, 5.74) is 8.65. The summed E-state index contributed by atoms with van der Waals surface area (Å²) in [6.07, 6.45) is 3.12. The highest BCUT2D eigenvalue weighted by Gasteiger charge is 2.44. The van der Waals surface area contributed by atoms with E-state index in [1.54, 1.807) is 24.3 Å². The molecule has 1 saturated heterocycles. The zero-order valence-corrected chi connectivity index (χ0v) is 44.4. The van der Waals surface area contributed by atoms with Gasteiger partial charge in [-0.05, 0) is 98.2 Å². The Morgan fingerprint density at radius 2 is 1.56 bits per heavy atom. The molecule has 19 heteroatoms. The maximum Gasteiger partial charge on any atom is 0.246 e. The number of benzene rings is 3. The fourth-order valence-corrected chi connectivity index (χ4v) is 9.58. The lowest BCUT2D eigenvalue weighted by Crippen LogP contribution is -2.58. The molecule has 18 nitrogen and oxygen atoms in total. The van der Waals surface area contributed by atoms with Gasteiger partial charge in [0.25, 0.3) is 0 Å². The first-order valence-corrected chi connectivity index (χ1v) is 25.8. The monoisotopic (exact) mass is 1040 g/mol. The summed E-state index contributed by atoms with van der Waals surface area (Å²) in [6, 6.07) is 20.1. The van der Waals surface area contributed by atoms with E-state index in [1.165, 1.54) is 10.5 Å². The van der Waals surface area contributed by atoms with Gasteiger partial charge in [-0.15, -0.1) is 10.2 Å². The van der Waals surface area contributed by atoms with Crippen LogP contribution >= 0.6 is 11.6 Å². The Bertz CT molecular complexity index is 2960. The number of carbonyl (C=O) groups is 4. The maximum absolute atomic E-state index is 14.0. The van der Waals surface area contributed by atoms with Crippen molar-refractivity contribution in [1.29, 1.82) is 0 Å². The number of ether oxygens (including phenoxy) is 3. The van der Waals surface area contributed by atoms with Crippen LogP contribution in [0.2, 0.25) is 5.02 Å².